The van der Waals surface area contributed by atoms with E-state index in [4.69, 9.17) is 0 Å². The molecule has 0 aromatic carbocycles. The van der Waals surface area contributed by atoms with Crippen molar-refractivity contribution in [3.63, 3.8) is 0 Å². The fraction of sp³-hybridized carbons (Fsp3) is 0.857. The minimum absolute atomic E-state index is 0.0444. The molecule has 2 rings (SSSR count). The van der Waals surface area contributed by atoms with Gasteiger partial charge in [0.05, 0.1) is 6.54 Å². The van der Waals surface area contributed by atoms with Gasteiger partial charge in [0.25, 0.3) is 0 Å². The lowest BCUT2D eigenvalue weighted by atomic mass is 9.92. The number of hydrazine groups is 1. The van der Waals surface area contributed by atoms with Crippen molar-refractivity contribution in [1.82, 2.24) is 14.9 Å². The molecule has 0 aliphatic carbocycles. The fourth-order valence-corrected chi connectivity index (χ4v) is 2.69. The van der Waals surface area contributed by atoms with E-state index in [0.29, 0.717) is 19.5 Å². The largest absolute Gasteiger partial charge is 0.341 e. The van der Waals surface area contributed by atoms with Crippen LogP contribution >= 0.6 is 0 Å². The van der Waals surface area contributed by atoms with E-state index < -0.39 is 0 Å². The van der Waals surface area contributed by atoms with Crippen LogP contribution in [0.2, 0.25) is 0 Å². The van der Waals surface area contributed by atoms with Crippen LogP contribution in [0, 0.1) is 5.41 Å². The quantitative estimate of drug-likeness (QED) is 0.769. The second-order valence-electron chi connectivity index (χ2n) is 6.70. The molecule has 0 atom stereocenters. The van der Waals surface area contributed by atoms with E-state index in [0.717, 1.165) is 25.9 Å². The molecule has 2 heterocycles. The zero-order valence-electron chi connectivity index (χ0n) is 12.3. The Labute approximate surface area is 115 Å². The molecule has 5 nitrogen and oxygen atoms in total. The molecule has 5 heteroatoms. The molecule has 0 N–H and O–H groups in total. The number of carbonyl (C=O) groups is 2. The summed E-state index contributed by atoms with van der Waals surface area (Å²) < 4.78 is 0. The minimum Gasteiger partial charge on any atom is -0.274 e. The summed E-state index contributed by atoms with van der Waals surface area (Å²) >= 11 is 0. The van der Waals surface area contributed by atoms with Crippen molar-refractivity contribution in [2.45, 2.75) is 46.5 Å². The molecular weight excluding hydrogens is 242 g/mol. The maximum atomic E-state index is 12.3. The fourth-order valence-electron chi connectivity index (χ4n) is 2.69. The summed E-state index contributed by atoms with van der Waals surface area (Å²) in [6, 6.07) is -0.129. The number of nitrogens with zero attached hydrogens (tertiary/aromatic N) is 3. The van der Waals surface area contributed by atoms with Gasteiger partial charge in [-0.05, 0) is 18.3 Å². The van der Waals surface area contributed by atoms with Gasteiger partial charge < -0.3 is 0 Å². The average molecular weight is 267 g/mol. The zero-order chi connectivity index (χ0) is 14.0. The van der Waals surface area contributed by atoms with Gasteiger partial charge in [0, 0.05) is 26.1 Å². The normalized spacial score (nSPS) is 22.2. The summed E-state index contributed by atoms with van der Waals surface area (Å²) in [6.45, 7) is 9.12. The van der Waals surface area contributed by atoms with Crippen LogP contribution in [0.4, 0.5) is 4.79 Å². The first-order chi connectivity index (χ1) is 8.88. The van der Waals surface area contributed by atoms with Crippen LogP contribution in [0.15, 0.2) is 0 Å². The summed E-state index contributed by atoms with van der Waals surface area (Å²) in [5.41, 5.74) is -0.0735. The molecule has 0 spiro atoms. The number of amides is 3. The lowest BCUT2D eigenvalue weighted by Gasteiger charge is -2.34. The summed E-state index contributed by atoms with van der Waals surface area (Å²) in [4.78, 5) is 25.9. The molecule has 0 aromatic rings. The summed E-state index contributed by atoms with van der Waals surface area (Å²) in [5, 5.41) is 3.87. The van der Waals surface area contributed by atoms with Crippen molar-refractivity contribution >= 4 is 11.9 Å². The highest BCUT2D eigenvalue weighted by Crippen LogP contribution is 2.23. The number of carbonyl (C=O) groups excluding carboxylic acids is 2. The van der Waals surface area contributed by atoms with E-state index in [9.17, 15) is 9.59 Å². The molecule has 0 saturated carbocycles. The van der Waals surface area contributed by atoms with Crippen molar-refractivity contribution < 1.29 is 9.59 Å². The van der Waals surface area contributed by atoms with Crippen molar-refractivity contribution in [3.05, 3.63) is 0 Å². The van der Waals surface area contributed by atoms with Gasteiger partial charge in [0.1, 0.15) is 0 Å². The Balaban J connectivity index is 1.95. The first-order valence-electron chi connectivity index (χ1n) is 7.25. The van der Waals surface area contributed by atoms with Gasteiger partial charge >= 0.3 is 6.03 Å². The number of urea groups is 1. The molecule has 0 bridgehead atoms. The number of hydrogen-bond acceptors (Lipinski definition) is 3. The maximum Gasteiger partial charge on any atom is 0.341 e. The topological polar surface area (TPSA) is 43.9 Å². The summed E-state index contributed by atoms with van der Waals surface area (Å²) in [7, 11) is 0. The Morgan fingerprint density at radius 2 is 1.68 bits per heavy atom. The summed E-state index contributed by atoms with van der Waals surface area (Å²) in [6.07, 6.45) is 3.94. The highest BCUT2D eigenvalue weighted by atomic mass is 16.2. The summed E-state index contributed by atoms with van der Waals surface area (Å²) in [5.74, 6) is -0.0444. The lowest BCUT2D eigenvalue weighted by Crippen LogP contribution is -2.48. The van der Waals surface area contributed by atoms with E-state index in [1.165, 1.54) is 11.3 Å². The van der Waals surface area contributed by atoms with Crippen LogP contribution in [-0.4, -0.2) is 53.0 Å². The Bertz CT molecular complexity index is 356. The SMILES string of the molecule is CC(C)(C)CC(=O)N1CCN(N2CCCCC2)C1=O. The predicted octanol–water partition coefficient (Wildman–Crippen LogP) is 2.09. The zero-order valence-corrected chi connectivity index (χ0v) is 12.3. The van der Waals surface area contributed by atoms with Crippen LogP contribution in [0.3, 0.4) is 0 Å². The Kier molecular flexibility index (Phi) is 4.13. The van der Waals surface area contributed by atoms with E-state index in [1.807, 2.05) is 20.8 Å². The highest BCUT2D eigenvalue weighted by Gasteiger charge is 2.37. The van der Waals surface area contributed by atoms with Crippen molar-refractivity contribution in [2.24, 2.45) is 5.41 Å². The van der Waals surface area contributed by atoms with Gasteiger partial charge in [-0.1, -0.05) is 27.2 Å². The second kappa shape index (κ2) is 5.49. The monoisotopic (exact) mass is 267 g/mol. The first-order valence-corrected chi connectivity index (χ1v) is 7.25. The average Bonchev–Trinajstić information content (AvgIpc) is 2.70. The molecule has 2 aliphatic rings. The molecule has 2 fully saturated rings. The number of hydrogen-bond donors (Lipinski definition) is 0. The number of piperidine rings is 1. The number of rotatable bonds is 2. The van der Waals surface area contributed by atoms with Gasteiger partial charge in [0.15, 0.2) is 0 Å². The lowest BCUT2D eigenvalue weighted by molar-refractivity contribution is -0.129. The molecule has 19 heavy (non-hydrogen) atoms. The van der Waals surface area contributed by atoms with Gasteiger partial charge in [-0.25, -0.2) is 9.80 Å². The molecule has 2 aliphatic heterocycles. The maximum absolute atomic E-state index is 12.3. The standard InChI is InChI=1S/C14H25N3O2/c1-14(2,3)11-12(18)16-9-10-17(13(16)19)15-7-5-4-6-8-15/h4-11H2,1-3H3. The molecular formula is C14H25N3O2. The Morgan fingerprint density at radius 1 is 1.05 bits per heavy atom. The molecule has 2 saturated heterocycles. The van der Waals surface area contributed by atoms with Crippen molar-refractivity contribution in [3.8, 4) is 0 Å². The van der Waals surface area contributed by atoms with Crippen LogP contribution in [-0.2, 0) is 4.79 Å². The number of imide groups is 1. The Hall–Kier alpha value is -1.10. The van der Waals surface area contributed by atoms with Crippen LogP contribution in [0.1, 0.15) is 46.5 Å². The van der Waals surface area contributed by atoms with E-state index in [-0.39, 0.29) is 17.4 Å². The van der Waals surface area contributed by atoms with E-state index in [1.54, 1.807) is 5.01 Å². The third-order valence-electron chi connectivity index (χ3n) is 3.64. The van der Waals surface area contributed by atoms with Gasteiger partial charge in [-0.15, -0.1) is 0 Å². The molecule has 108 valence electrons. The van der Waals surface area contributed by atoms with Gasteiger partial charge in [-0.2, -0.15) is 0 Å². The molecule has 3 amide bonds. The van der Waals surface area contributed by atoms with Crippen LogP contribution in [0.5, 0.6) is 0 Å². The molecule has 0 aromatic heterocycles. The minimum atomic E-state index is -0.129. The third kappa shape index (κ3) is 3.47. The van der Waals surface area contributed by atoms with Gasteiger partial charge in [0.2, 0.25) is 5.91 Å². The van der Waals surface area contributed by atoms with Crippen molar-refractivity contribution in [1.29, 1.82) is 0 Å². The van der Waals surface area contributed by atoms with E-state index in [2.05, 4.69) is 5.01 Å². The van der Waals surface area contributed by atoms with Crippen LogP contribution in [0.25, 0.3) is 0 Å². The van der Waals surface area contributed by atoms with Crippen molar-refractivity contribution in [2.75, 3.05) is 26.2 Å². The third-order valence-corrected chi connectivity index (χ3v) is 3.64. The smallest absolute Gasteiger partial charge is 0.274 e. The second-order valence-corrected chi connectivity index (χ2v) is 6.70. The highest BCUT2D eigenvalue weighted by molar-refractivity contribution is 5.95. The van der Waals surface area contributed by atoms with Gasteiger partial charge in [-0.3, -0.25) is 14.7 Å². The van der Waals surface area contributed by atoms with Crippen LogP contribution < -0.4 is 0 Å². The first kappa shape index (κ1) is 14.3. The Morgan fingerprint density at radius 3 is 2.26 bits per heavy atom. The predicted molar refractivity (Wildman–Crippen MR) is 73.3 cm³/mol. The van der Waals surface area contributed by atoms with E-state index >= 15 is 0 Å². The molecule has 0 radical (unpaired) electrons. The molecule has 0 unspecified atom stereocenters.